The number of ether oxygens (including phenoxy) is 3. The average molecular weight is 444 g/mol. The second kappa shape index (κ2) is 9.53. The third kappa shape index (κ3) is 5.35. The van der Waals surface area contributed by atoms with Gasteiger partial charge in [0.1, 0.15) is 17.7 Å². The fourth-order valence-electron chi connectivity index (χ4n) is 3.40. The number of rotatable bonds is 8. The molecular weight excluding hydrogens is 414 g/mol. The van der Waals surface area contributed by atoms with Gasteiger partial charge >= 0.3 is 6.09 Å². The fraction of sp³-hybridized carbons (Fsp3) is 0.524. The Labute approximate surface area is 185 Å². The number of aromatic amines is 1. The standard InChI is InChI=1S/C21H29N7O4/c1-12(2)23-21(29)32-15-8-18(31-11-15)16-9-19(26-25-16)24-20-17-7-14(10-30-13(3)4)27-28(17)6-5-22-20/h5-7,9,12-13,15,18H,8,10-11H2,1-4H3,(H,23,29)(H2,22,24,25,26). The molecule has 0 bridgehead atoms. The van der Waals surface area contributed by atoms with Gasteiger partial charge in [0.25, 0.3) is 0 Å². The van der Waals surface area contributed by atoms with Crippen molar-refractivity contribution < 1.29 is 19.0 Å². The van der Waals surface area contributed by atoms with Crippen LogP contribution in [0.5, 0.6) is 0 Å². The molecule has 0 aromatic carbocycles. The molecule has 3 N–H and O–H groups in total. The summed E-state index contributed by atoms with van der Waals surface area (Å²) in [6, 6.07) is 3.83. The van der Waals surface area contributed by atoms with E-state index in [2.05, 4.69) is 30.9 Å². The number of carbonyl (C=O) groups excluding carboxylic acids is 1. The van der Waals surface area contributed by atoms with E-state index in [1.807, 2.05) is 39.8 Å². The summed E-state index contributed by atoms with van der Waals surface area (Å²) in [7, 11) is 0. The molecule has 11 nitrogen and oxygen atoms in total. The van der Waals surface area contributed by atoms with E-state index in [0.29, 0.717) is 31.3 Å². The van der Waals surface area contributed by atoms with Crippen molar-refractivity contribution in [3.8, 4) is 0 Å². The Morgan fingerprint density at radius 1 is 1.34 bits per heavy atom. The van der Waals surface area contributed by atoms with E-state index in [1.54, 1.807) is 16.9 Å². The summed E-state index contributed by atoms with van der Waals surface area (Å²) >= 11 is 0. The number of alkyl carbamates (subject to hydrolysis) is 1. The van der Waals surface area contributed by atoms with Crippen LogP contribution in [0.4, 0.5) is 16.4 Å². The molecule has 4 heterocycles. The molecule has 0 aliphatic carbocycles. The maximum atomic E-state index is 11.8. The summed E-state index contributed by atoms with van der Waals surface area (Å²) < 4.78 is 18.6. The van der Waals surface area contributed by atoms with E-state index < -0.39 is 6.09 Å². The van der Waals surface area contributed by atoms with E-state index in [-0.39, 0.29) is 24.4 Å². The number of hydrogen-bond donors (Lipinski definition) is 3. The number of amides is 1. The number of anilines is 2. The van der Waals surface area contributed by atoms with Gasteiger partial charge in [-0.15, -0.1) is 0 Å². The third-order valence-corrected chi connectivity index (χ3v) is 4.84. The van der Waals surface area contributed by atoms with Crippen LogP contribution in [0.25, 0.3) is 5.52 Å². The number of H-pyrrole nitrogens is 1. The molecule has 11 heteroatoms. The SMILES string of the molecule is CC(C)NC(=O)OC1COC(c2cc(Nc3nccn4nc(COC(C)C)cc34)n[nH]2)C1. The Morgan fingerprint density at radius 3 is 2.97 bits per heavy atom. The van der Waals surface area contributed by atoms with Crippen LogP contribution < -0.4 is 10.6 Å². The zero-order valence-corrected chi connectivity index (χ0v) is 18.7. The first kappa shape index (κ1) is 22.0. The van der Waals surface area contributed by atoms with Crippen molar-refractivity contribution in [3.63, 3.8) is 0 Å². The van der Waals surface area contributed by atoms with E-state index >= 15 is 0 Å². The molecule has 3 aromatic rings. The molecule has 1 amide bonds. The van der Waals surface area contributed by atoms with Crippen LogP contribution in [0.3, 0.4) is 0 Å². The molecule has 2 unspecified atom stereocenters. The fourth-order valence-corrected chi connectivity index (χ4v) is 3.40. The molecule has 1 saturated heterocycles. The number of carbonyl (C=O) groups is 1. The Kier molecular flexibility index (Phi) is 6.56. The van der Waals surface area contributed by atoms with Gasteiger partial charge in [0, 0.05) is 30.9 Å². The Balaban J connectivity index is 1.39. The van der Waals surface area contributed by atoms with Gasteiger partial charge < -0.3 is 24.8 Å². The minimum absolute atomic E-state index is 0.0227. The second-order valence-electron chi connectivity index (χ2n) is 8.32. The number of nitrogens with zero attached hydrogens (tertiary/aromatic N) is 4. The van der Waals surface area contributed by atoms with E-state index in [4.69, 9.17) is 14.2 Å². The molecule has 2 atom stereocenters. The van der Waals surface area contributed by atoms with Crippen molar-refractivity contribution in [2.45, 2.75) is 65.1 Å². The first-order valence-corrected chi connectivity index (χ1v) is 10.7. The topological polar surface area (TPSA) is 128 Å². The van der Waals surface area contributed by atoms with E-state index in [1.165, 1.54) is 0 Å². The summed E-state index contributed by atoms with van der Waals surface area (Å²) in [4.78, 5) is 16.2. The van der Waals surface area contributed by atoms with Gasteiger partial charge in [0.2, 0.25) is 0 Å². The monoisotopic (exact) mass is 443 g/mol. The maximum absolute atomic E-state index is 11.8. The van der Waals surface area contributed by atoms with Crippen molar-refractivity contribution in [1.82, 2.24) is 30.1 Å². The van der Waals surface area contributed by atoms with Crippen LogP contribution >= 0.6 is 0 Å². The number of nitrogens with one attached hydrogen (secondary N) is 3. The second-order valence-corrected chi connectivity index (χ2v) is 8.32. The van der Waals surface area contributed by atoms with Gasteiger partial charge in [-0.1, -0.05) is 0 Å². The molecular formula is C21H29N7O4. The third-order valence-electron chi connectivity index (χ3n) is 4.84. The highest BCUT2D eigenvalue weighted by Gasteiger charge is 2.31. The van der Waals surface area contributed by atoms with E-state index in [0.717, 1.165) is 16.9 Å². The lowest BCUT2D eigenvalue weighted by molar-refractivity contribution is 0.0634. The van der Waals surface area contributed by atoms with E-state index in [9.17, 15) is 4.79 Å². The highest BCUT2D eigenvalue weighted by atomic mass is 16.6. The van der Waals surface area contributed by atoms with Crippen LogP contribution in [0.2, 0.25) is 0 Å². The quantitative estimate of drug-likeness (QED) is 0.485. The van der Waals surface area contributed by atoms with Crippen molar-refractivity contribution in [3.05, 3.63) is 35.9 Å². The summed E-state index contributed by atoms with van der Waals surface area (Å²) in [5.74, 6) is 1.24. The Morgan fingerprint density at radius 2 is 2.19 bits per heavy atom. The summed E-state index contributed by atoms with van der Waals surface area (Å²) in [6.07, 6.45) is 3.19. The minimum atomic E-state index is -0.431. The summed E-state index contributed by atoms with van der Waals surface area (Å²) in [6.45, 7) is 8.52. The van der Waals surface area contributed by atoms with Gasteiger partial charge in [-0.2, -0.15) is 10.2 Å². The molecule has 3 aromatic heterocycles. The van der Waals surface area contributed by atoms with Crippen LogP contribution in [-0.4, -0.2) is 55.7 Å². The lowest BCUT2D eigenvalue weighted by Gasteiger charge is -2.13. The van der Waals surface area contributed by atoms with Crippen LogP contribution in [0.15, 0.2) is 24.5 Å². The molecule has 32 heavy (non-hydrogen) atoms. The Hall–Kier alpha value is -3.18. The molecule has 0 saturated carbocycles. The zero-order chi connectivity index (χ0) is 22.7. The largest absolute Gasteiger partial charge is 0.444 e. The lowest BCUT2D eigenvalue weighted by Crippen LogP contribution is -2.33. The van der Waals surface area contributed by atoms with Crippen molar-refractivity contribution >= 4 is 23.2 Å². The van der Waals surface area contributed by atoms with Crippen LogP contribution in [-0.2, 0) is 20.8 Å². The van der Waals surface area contributed by atoms with Gasteiger partial charge in [-0.25, -0.2) is 14.3 Å². The lowest BCUT2D eigenvalue weighted by atomic mass is 10.1. The molecule has 0 radical (unpaired) electrons. The van der Waals surface area contributed by atoms with Crippen molar-refractivity contribution in [2.24, 2.45) is 0 Å². The predicted octanol–water partition coefficient (Wildman–Crippen LogP) is 3.09. The van der Waals surface area contributed by atoms with Crippen LogP contribution in [0.1, 0.15) is 51.6 Å². The van der Waals surface area contributed by atoms with Crippen LogP contribution in [0, 0.1) is 0 Å². The van der Waals surface area contributed by atoms with Gasteiger partial charge in [0.15, 0.2) is 11.6 Å². The van der Waals surface area contributed by atoms with Gasteiger partial charge in [-0.05, 0) is 33.8 Å². The van der Waals surface area contributed by atoms with Gasteiger partial charge in [0.05, 0.1) is 30.7 Å². The van der Waals surface area contributed by atoms with Gasteiger partial charge in [-0.3, -0.25) is 5.10 Å². The molecule has 1 fully saturated rings. The van der Waals surface area contributed by atoms with Crippen molar-refractivity contribution in [1.29, 1.82) is 0 Å². The average Bonchev–Trinajstić information content (AvgIpc) is 3.45. The number of fused-ring (bicyclic) bond motifs is 1. The minimum Gasteiger partial charge on any atom is -0.444 e. The number of aromatic nitrogens is 5. The summed E-state index contributed by atoms with van der Waals surface area (Å²) in [5, 5.41) is 17.8. The van der Waals surface area contributed by atoms with Crippen molar-refractivity contribution in [2.75, 3.05) is 11.9 Å². The smallest absolute Gasteiger partial charge is 0.407 e. The summed E-state index contributed by atoms with van der Waals surface area (Å²) in [5.41, 5.74) is 2.44. The molecule has 1 aliphatic rings. The number of hydrogen-bond acceptors (Lipinski definition) is 8. The Bertz CT molecular complexity index is 1060. The molecule has 4 rings (SSSR count). The maximum Gasteiger partial charge on any atom is 0.407 e. The zero-order valence-electron chi connectivity index (χ0n) is 18.7. The molecule has 0 spiro atoms. The first-order chi connectivity index (χ1) is 15.4. The normalized spacial score (nSPS) is 18.6. The first-order valence-electron chi connectivity index (χ1n) is 10.7. The highest BCUT2D eigenvalue weighted by Crippen LogP contribution is 2.31. The molecule has 172 valence electrons. The highest BCUT2D eigenvalue weighted by molar-refractivity contribution is 5.72. The predicted molar refractivity (Wildman–Crippen MR) is 117 cm³/mol. The molecule has 1 aliphatic heterocycles.